The molecule has 0 aromatic heterocycles. The Morgan fingerprint density at radius 2 is 1.92 bits per heavy atom. The lowest BCUT2D eigenvalue weighted by atomic mass is 10.2. The normalized spacial score (nSPS) is 10.3. The molecule has 0 spiro atoms. The number of carbonyl (C=O) groups excluding carboxylic acids is 2. The molecule has 2 aromatic rings. The second kappa shape index (κ2) is 8.45. The minimum Gasteiger partial charge on any atom is -0.350 e. The van der Waals surface area contributed by atoms with Crippen molar-refractivity contribution < 1.29 is 14.0 Å². The Hall–Kier alpha value is -2.40. The van der Waals surface area contributed by atoms with Crippen molar-refractivity contribution >= 4 is 23.4 Å². The summed E-state index contributed by atoms with van der Waals surface area (Å²) in [6.07, 6.45) is 0. The van der Waals surface area contributed by atoms with E-state index in [1.54, 1.807) is 42.5 Å². The van der Waals surface area contributed by atoms with E-state index in [0.717, 1.165) is 0 Å². The Morgan fingerprint density at radius 1 is 1.17 bits per heavy atom. The Morgan fingerprint density at radius 3 is 2.58 bits per heavy atom. The highest BCUT2D eigenvalue weighted by molar-refractivity contribution is 6.30. The molecule has 0 aliphatic rings. The molecule has 2 amide bonds. The second-order valence-electron chi connectivity index (χ2n) is 5.30. The molecule has 24 heavy (non-hydrogen) atoms. The predicted octanol–water partition coefficient (Wildman–Crippen LogP) is 3.26. The van der Waals surface area contributed by atoms with Gasteiger partial charge in [0, 0.05) is 42.7 Å². The van der Waals surface area contributed by atoms with Gasteiger partial charge in [0.1, 0.15) is 5.82 Å². The molecule has 0 bridgehead atoms. The van der Waals surface area contributed by atoms with Crippen LogP contribution < -0.4 is 5.32 Å². The van der Waals surface area contributed by atoms with Crippen molar-refractivity contribution in [3.63, 3.8) is 0 Å². The highest BCUT2D eigenvalue weighted by Crippen LogP contribution is 2.11. The number of hydrogen-bond donors (Lipinski definition) is 1. The van der Waals surface area contributed by atoms with Gasteiger partial charge in [-0.25, -0.2) is 4.39 Å². The topological polar surface area (TPSA) is 49.4 Å². The number of halogens is 2. The van der Waals surface area contributed by atoms with Crippen LogP contribution in [0.5, 0.6) is 0 Å². The van der Waals surface area contributed by atoms with Gasteiger partial charge in [-0.15, -0.1) is 0 Å². The molecular formula is C18H18ClFN2O2. The maximum atomic E-state index is 13.7. The van der Waals surface area contributed by atoms with Gasteiger partial charge < -0.3 is 10.2 Å². The van der Waals surface area contributed by atoms with Crippen LogP contribution in [-0.4, -0.2) is 29.8 Å². The Balaban J connectivity index is 1.91. The minimum atomic E-state index is -0.355. The maximum Gasteiger partial charge on any atom is 0.251 e. The molecule has 0 unspecified atom stereocenters. The van der Waals surface area contributed by atoms with Crippen LogP contribution in [0.2, 0.25) is 5.02 Å². The molecule has 0 aliphatic heterocycles. The molecule has 0 saturated carbocycles. The van der Waals surface area contributed by atoms with E-state index in [4.69, 9.17) is 11.6 Å². The Kier molecular flexibility index (Phi) is 6.32. The zero-order valence-electron chi connectivity index (χ0n) is 13.3. The van der Waals surface area contributed by atoms with Crippen molar-refractivity contribution in [2.45, 2.75) is 13.5 Å². The maximum absolute atomic E-state index is 13.7. The standard InChI is InChI=1S/C18H18ClFN2O2/c1-13(23)22(12-15-5-2-3-8-17(15)20)10-9-21-18(24)14-6-4-7-16(19)11-14/h2-8,11H,9-10,12H2,1H3,(H,21,24). The van der Waals surface area contributed by atoms with Gasteiger partial charge in [0.25, 0.3) is 5.91 Å². The predicted molar refractivity (Wildman–Crippen MR) is 91.3 cm³/mol. The van der Waals surface area contributed by atoms with Crippen LogP contribution in [0, 0.1) is 5.82 Å². The third-order valence-corrected chi connectivity index (χ3v) is 3.75. The zero-order valence-corrected chi connectivity index (χ0v) is 14.0. The van der Waals surface area contributed by atoms with E-state index in [9.17, 15) is 14.0 Å². The number of nitrogens with one attached hydrogen (secondary N) is 1. The molecule has 126 valence electrons. The zero-order chi connectivity index (χ0) is 17.5. The summed E-state index contributed by atoms with van der Waals surface area (Å²) in [6, 6.07) is 12.9. The number of rotatable bonds is 6. The fraction of sp³-hybridized carbons (Fsp3) is 0.222. The van der Waals surface area contributed by atoms with Crippen LogP contribution in [0.15, 0.2) is 48.5 Å². The first-order chi connectivity index (χ1) is 11.5. The summed E-state index contributed by atoms with van der Waals surface area (Å²) in [5, 5.41) is 3.21. The molecule has 0 radical (unpaired) electrons. The van der Waals surface area contributed by atoms with E-state index in [0.29, 0.717) is 16.1 Å². The van der Waals surface area contributed by atoms with Gasteiger partial charge in [-0.1, -0.05) is 35.9 Å². The smallest absolute Gasteiger partial charge is 0.251 e. The number of hydrogen-bond acceptors (Lipinski definition) is 2. The van der Waals surface area contributed by atoms with Crippen molar-refractivity contribution in [2.24, 2.45) is 0 Å². The third-order valence-electron chi connectivity index (χ3n) is 3.52. The largest absolute Gasteiger partial charge is 0.350 e. The first kappa shape index (κ1) is 17.9. The van der Waals surface area contributed by atoms with Crippen LogP contribution in [0.1, 0.15) is 22.8 Å². The average Bonchev–Trinajstić information content (AvgIpc) is 2.55. The summed E-state index contributed by atoms with van der Waals surface area (Å²) in [5.74, 6) is -0.811. The van der Waals surface area contributed by atoms with Crippen molar-refractivity contribution in [3.05, 3.63) is 70.5 Å². The molecule has 6 heteroatoms. The summed E-state index contributed by atoms with van der Waals surface area (Å²) in [5.41, 5.74) is 0.889. The molecule has 0 aliphatic carbocycles. The van der Waals surface area contributed by atoms with Gasteiger partial charge in [0.2, 0.25) is 5.91 Å². The number of amides is 2. The van der Waals surface area contributed by atoms with E-state index >= 15 is 0 Å². The lowest BCUT2D eigenvalue weighted by molar-refractivity contribution is -0.129. The van der Waals surface area contributed by atoms with Gasteiger partial charge in [-0.05, 0) is 24.3 Å². The summed E-state index contributed by atoms with van der Waals surface area (Å²) in [4.78, 5) is 25.2. The van der Waals surface area contributed by atoms with Crippen LogP contribution in [0.25, 0.3) is 0 Å². The quantitative estimate of drug-likeness (QED) is 0.871. The van der Waals surface area contributed by atoms with E-state index in [-0.39, 0.29) is 37.3 Å². The molecule has 1 N–H and O–H groups in total. The number of carbonyl (C=O) groups is 2. The van der Waals surface area contributed by atoms with Crippen molar-refractivity contribution in [2.75, 3.05) is 13.1 Å². The van der Waals surface area contributed by atoms with Crippen LogP contribution >= 0.6 is 11.6 Å². The van der Waals surface area contributed by atoms with Gasteiger partial charge >= 0.3 is 0 Å². The van der Waals surface area contributed by atoms with Crippen LogP contribution in [0.3, 0.4) is 0 Å². The molecule has 0 heterocycles. The molecule has 2 rings (SSSR count). The van der Waals surface area contributed by atoms with Crippen LogP contribution in [-0.2, 0) is 11.3 Å². The minimum absolute atomic E-state index is 0.162. The highest BCUT2D eigenvalue weighted by atomic mass is 35.5. The highest BCUT2D eigenvalue weighted by Gasteiger charge is 2.13. The number of benzene rings is 2. The average molecular weight is 349 g/mol. The first-order valence-electron chi connectivity index (χ1n) is 7.50. The Bertz CT molecular complexity index is 736. The molecule has 2 aromatic carbocycles. The monoisotopic (exact) mass is 348 g/mol. The Labute approximate surface area is 145 Å². The third kappa shape index (κ3) is 5.06. The molecule has 4 nitrogen and oxygen atoms in total. The SMILES string of the molecule is CC(=O)N(CCNC(=O)c1cccc(Cl)c1)Cc1ccccc1F. The van der Waals surface area contributed by atoms with Crippen LogP contribution in [0.4, 0.5) is 4.39 Å². The summed E-state index contributed by atoms with van der Waals surface area (Å²) >= 11 is 5.85. The first-order valence-corrected chi connectivity index (χ1v) is 7.88. The fourth-order valence-corrected chi connectivity index (χ4v) is 2.41. The number of nitrogens with zero attached hydrogens (tertiary/aromatic N) is 1. The second-order valence-corrected chi connectivity index (χ2v) is 5.73. The molecule has 0 fully saturated rings. The van der Waals surface area contributed by atoms with E-state index < -0.39 is 0 Å². The molecular weight excluding hydrogens is 331 g/mol. The van der Waals surface area contributed by atoms with Crippen molar-refractivity contribution in [3.8, 4) is 0 Å². The fourth-order valence-electron chi connectivity index (χ4n) is 2.22. The summed E-state index contributed by atoms with van der Waals surface area (Å²) in [7, 11) is 0. The van der Waals surface area contributed by atoms with Gasteiger partial charge in [-0.2, -0.15) is 0 Å². The lowest BCUT2D eigenvalue weighted by Gasteiger charge is -2.21. The lowest BCUT2D eigenvalue weighted by Crippen LogP contribution is -2.37. The van der Waals surface area contributed by atoms with Gasteiger partial charge in [0.05, 0.1) is 0 Å². The van der Waals surface area contributed by atoms with Gasteiger partial charge in [-0.3, -0.25) is 9.59 Å². The summed E-state index contributed by atoms with van der Waals surface area (Å²) in [6.45, 7) is 2.13. The summed E-state index contributed by atoms with van der Waals surface area (Å²) < 4.78 is 13.7. The van der Waals surface area contributed by atoms with E-state index in [1.165, 1.54) is 17.9 Å². The van der Waals surface area contributed by atoms with E-state index in [2.05, 4.69) is 5.32 Å². The van der Waals surface area contributed by atoms with Gasteiger partial charge in [0.15, 0.2) is 0 Å². The van der Waals surface area contributed by atoms with E-state index in [1.807, 2.05) is 0 Å². The van der Waals surface area contributed by atoms with Crippen molar-refractivity contribution in [1.29, 1.82) is 0 Å². The molecule has 0 saturated heterocycles. The van der Waals surface area contributed by atoms with Crippen molar-refractivity contribution in [1.82, 2.24) is 10.2 Å². The molecule has 0 atom stereocenters.